The van der Waals surface area contributed by atoms with E-state index in [1.807, 2.05) is 0 Å². The van der Waals surface area contributed by atoms with Crippen molar-refractivity contribution in [2.24, 2.45) is 11.3 Å². The van der Waals surface area contributed by atoms with Gasteiger partial charge in [0.25, 0.3) is 0 Å². The Bertz CT molecular complexity index is 307. The maximum atomic E-state index is 3.67. The summed E-state index contributed by atoms with van der Waals surface area (Å²) in [5.74, 6) is 0.909. The minimum Gasteiger partial charge on any atom is -0.316 e. The Kier molecular flexibility index (Phi) is 6.51. The van der Waals surface area contributed by atoms with E-state index in [-0.39, 0.29) is 0 Å². The highest BCUT2D eigenvalue weighted by atomic mass is 15.3. The van der Waals surface area contributed by atoms with Crippen LogP contribution in [0.4, 0.5) is 0 Å². The van der Waals surface area contributed by atoms with E-state index >= 15 is 0 Å². The molecule has 2 aliphatic rings. The van der Waals surface area contributed by atoms with Gasteiger partial charge in [0.1, 0.15) is 0 Å². The third-order valence-corrected chi connectivity index (χ3v) is 5.83. The molecule has 3 atom stereocenters. The predicted octanol–water partition coefficient (Wildman–Crippen LogP) is 2.82. The largest absolute Gasteiger partial charge is 0.316 e. The van der Waals surface area contributed by atoms with Crippen LogP contribution in [0.5, 0.6) is 0 Å². The Morgan fingerprint density at radius 1 is 1.24 bits per heavy atom. The topological polar surface area (TPSA) is 18.5 Å². The zero-order valence-corrected chi connectivity index (χ0v) is 14.8. The van der Waals surface area contributed by atoms with E-state index in [0.717, 1.165) is 18.5 Å². The molecule has 21 heavy (non-hydrogen) atoms. The van der Waals surface area contributed by atoms with Gasteiger partial charge < -0.3 is 10.2 Å². The third-order valence-electron chi connectivity index (χ3n) is 5.83. The first kappa shape index (κ1) is 17.2. The first-order chi connectivity index (χ1) is 10.1. The summed E-state index contributed by atoms with van der Waals surface area (Å²) in [6, 6.07) is 0.760. The van der Waals surface area contributed by atoms with Crippen LogP contribution in [0.15, 0.2) is 0 Å². The molecule has 0 radical (unpaired) electrons. The Balaban J connectivity index is 1.97. The summed E-state index contributed by atoms with van der Waals surface area (Å²) in [6.45, 7) is 14.4. The molecule has 1 aliphatic heterocycles. The molecule has 2 rings (SSSR count). The molecule has 0 spiro atoms. The van der Waals surface area contributed by atoms with E-state index in [1.54, 1.807) is 0 Å². The number of piperazine rings is 1. The van der Waals surface area contributed by atoms with E-state index in [4.69, 9.17) is 0 Å². The van der Waals surface area contributed by atoms with E-state index in [1.165, 1.54) is 64.8 Å². The number of hydrogen-bond acceptors (Lipinski definition) is 3. The average Bonchev–Trinajstić information content (AvgIpc) is 2.47. The van der Waals surface area contributed by atoms with Crippen molar-refractivity contribution < 1.29 is 0 Å². The van der Waals surface area contributed by atoms with Gasteiger partial charge in [0.2, 0.25) is 0 Å². The number of nitrogens with zero attached hydrogens (tertiary/aromatic N) is 2. The lowest BCUT2D eigenvalue weighted by Gasteiger charge is -2.47. The highest BCUT2D eigenvalue weighted by molar-refractivity contribution is 4.92. The van der Waals surface area contributed by atoms with Crippen LogP contribution < -0.4 is 5.32 Å². The lowest BCUT2D eigenvalue weighted by atomic mass is 9.69. The molecule has 3 unspecified atom stereocenters. The van der Waals surface area contributed by atoms with Gasteiger partial charge in [0.05, 0.1) is 0 Å². The van der Waals surface area contributed by atoms with Crippen LogP contribution in [0.25, 0.3) is 0 Å². The third kappa shape index (κ3) is 4.67. The zero-order valence-electron chi connectivity index (χ0n) is 14.8. The first-order valence-corrected chi connectivity index (χ1v) is 9.22. The van der Waals surface area contributed by atoms with Gasteiger partial charge in [-0.25, -0.2) is 0 Å². The van der Waals surface area contributed by atoms with E-state index < -0.39 is 0 Å². The molecule has 3 nitrogen and oxygen atoms in total. The fourth-order valence-electron chi connectivity index (χ4n) is 4.59. The average molecular weight is 296 g/mol. The number of rotatable bonds is 6. The highest BCUT2D eigenvalue weighted by Crippen LogP contribution is 2.40. The standard InChI is InChI=1S/C18H37N3/c1-5-17-13-21(11-10-20(17)4)15-18(14-19-6-2)9-7-8-16(3)12-18/h16-17,19H,5-15H2,1-4H3. The first-order valence-electron chi connectivity index (χ1n) is 9.22. The molecular formula is C18H37N3. The summed E-state index contributed by atoms with van der Waals surface area (Å²) in [5.41, 5.74) is 0.530. The number of nitrogens with one attached hydrogen (secondary N) is 1. The second-order valence-electron chi connectivity index (χ2n) is 7.76. The molecule has 1 heterocycles. The number of likely N-dealkylation sites (N-methyl/N-ethyl adjacent to an activating group) is 1. The summed E-state index contributed by atoms with van der Waals surface area (Å²) in [6.07, 6.45) is 6.99. The SMILES string of the molecule is CCNCC1(CN2CCN(C)C(CC)C2)CCCC(C)C1. The Labute approximate surface area is 132 Å². The van der Waals surface area contributed by atoms with E-state index in [9.17, 15) is 0 Å². The minimum absolute atomic E-state index is 0.530. The molecule has 1 saturated carbocycles. The van der Waals surface area contributed by atoms with Gasteiger partial charge in [-0.3, -0.25) is 4.90 Å². The van der Waals surface area contributed by atoms with Gasteiger partial charge in [-0.2, -0.15) is 0 Å². The van der Waals surface area contributed by atoms with Crippen LogP contribution in [0, 0.1) is 11.3 Å². The van der Waals surface area contributed by atoms with Crippen molar-refractivity contribution >= 4 is 0 Å². The van der Waals surface area contributed by atoms with Crippen molar-refractivity contribution in [3.05, 3.63) is 0 Å². The molecule has 3 heteroatoms. The molecule has 1 N–H and O–H groups in total. The van der Waals surface area contributed by atoms with Gasteiger partial charge in [0, 0.05) is 38.8 Å². The normalized spacial score (nSPS) is 36.0. The number of hydrogen-bond donors (Lipinski definition) is 1. The van der Waals surface area contributed by atoms with Crippen molar-refractivity contribution in [2.75, 3.05) is 46.3 Å². The van der Waals surface area contributed by atoms with Crippen LogP contribution in [0.2, 0.25) is 0 Å². The maximum absolute atomic E-state index is 3.67. The predicted molar refractivity (Wildman–Crippen MR) is 91.8 cm³/mol. The molecule has 1 aliphatic carbocycles. The zero-order chi connectivity index (χ0) is 15.3. The van der Waals surface area contributed by atoms with Crippen molar-refractivity contribution in [1.29, 1.82) is 0 Å². The molecule has 0 amide bonds. The Hall–Kier alpha value is -0.120. The summed E-state index contributed by atoms with van der Waals surface area (Å²) in [4.78, 5) is 5.32. The monoisotopic (exact) mass is 295 g/mol. The van der Waals surface area contributed by atoms with Crippen LogP contribution in [0.3, 0.4) is 0 Å². The van der Waals surface area contributed by atoms with Crippen LogP contribution in [-0.4, -0.2) is 62.2 Å². The molecule has 0 aromatic carbocycles. The van der Waals surface area contributed by atoms with Gasteiger partial charge >= 0.3 is 0 Å². The fourth-order valence-corrected chi connectivity index (χ4v) is 4.59. The lowest BCUT2D eigenvalue weighted by molar-refractivity contribution is 0.0314. The Morgan fingerprint density at radius 3 is 2.71 bits per heavy atom. The van der Waals surface area contributed by atoms with Gasteiger partial charge in [-0.15, -0.1) is 0 Å². The summed E-state index contributed by atoms with van der Waals surface area (Å²) >= 11 is 0. The molecule has 124 valence electrons. The van der Waals surface area contributed by atoms with E-state index in [2.05, 4.69) is 42.9 Å². The molecule has 0 aromatic heterocycles. The summed E-state index contributed by atoms with van der Waals surface area (Å²) < 4.78 is 0. The second-order valence-corrected chi connectivity index (χ2v) is 7.76. The maximum Gasteiger partial charge on any atom is 0.0218 e. The fraction of sp³-hybridized carbons (Fsp3) is 1.00. The van der Waals surface area contributed by atoms with Gasteiger partial charge in [0.15, 0.2) is 0 Å². The molecule has 1 saturated heterocycles. The van der Waals surface area contributed by atoms with Gasteiger partial charge in [-0.05, 0) is 44.2 Å². The molecule has 0 aromatic rings. The second kappa shape index (κ2) is 7.94. The molecular weight excluding hydrogens is 258 g/mol. The summed E-state index contributed by atoms with van der Waals surface area (Å²) in [5, 5.41) is 3.67. The van der Waals surface area contributed by atoms with Crippen molar-refractivity contribution in [3.63, 3.8) is 0 Å². The van der Waals surface area contributed by atoms with Crippen LogP contribution >= 0.6 is 0 Å². The van der Waals surface area contributed by atoms with E-state index in [0.29, 0.717) is 5.41 Å². The minimum atomic E-state index is 0.530. The van der Waals surface area contributed by atoms with Crippen molar-refractivity contribution in [1.82, 2.24) is 15.1 Å². The Morgan fingerprint density at radius 2 is 2.05 bits per heavy atom. The quantitative estimate of drug-likeness (QED) is 0.813. The summed E-state index contributed by atoms with van der Waals surface area (Å²) in [7, 11) is 2.29. The van der Waals surface area contributed by atoms with Crippen molar-refractivity contribution in [2.45, 2.75) is 58.9 Å². The lowest BCUT2D eigenvalue weighted by Crippen LogP contribution is -2.55. The van der Waals surface area contributed by atoms with Gasteiger partial charge in [-0.1, -0.05) is 33.6 Å². The highest BCUT2D eigenvalue weighted by Gasteiger charge is 2.37. The van der Waals surface area contributed by atoms with Crippen LogP contribution in [-0.2, 0) is 0 Å². The molecule has 2 fully saturated rings. The smallest absolute Gasteiger partial charge is 0.0218 e. The van der Waals surface area contributed by atoms with Crippen LogP contribution in [0.1, 0.15) is 52.9 Å². The van der Waals surface area contributed by atoms with Crippen molar-refractivity contribution in [3.8, 4) is 0 Å². The molecule has 0 bridgehead atoms.